The molecule has 0 amide bonds. The highest BCUT2D eigenvalue weighted by atomic mass is 16.5. The van der Waals surface area contributed by atoms with Crippen LogP contribution in [0.4, 0.5) is 0 Å². The highest BCUT2D eigenvalue weighted by molar-refractivity contribution is 5.25. The topological polar surface area (TPSA) is 80.9 Å². The average Bonchev–Trinajstić information content (AvgIpc) is 2.39. The average molecular weight is 256 g/mol. The summed E-state index contributed by atoms with van der Waals surface area (Å²) in [6.45, 7) is 2.08. The molecule has 0 saturated carbocycles. The van der Waals surface area contributed by atoms with Crippen LogP contribution >= 0.6 is 0 Å². The minimum absolute atomic E-state index is 0.00324. The van der Waals surface area contributed by atoms with Crippen LogP contribution in [0, 0.1) is 0 Å². The van der Waals surface area contributed by atoms with E-state index in [1.807, 2.05) is 12.1 Å². The summed E-state index contributed by atoms with van der Waals surface area (Å²) in [5, 5.41) is 34.1. The van der Waals surface area contributed by atoms with Crippen LogP contribution in [0.1, 0.15) is 43.7 Å². The third kappa shape index (κ3) is 8.20. The predicted molar refractivity (Wildman–Crippen MR) is 70.7 cm³/mol. The zero-order valence-electron chi connectivity index (χ0n) is 10.9. The van der Waals surface area contributed by atoms with Crippen molar-refractivity contribution >= 4 is 0 Å². The molecule has 0 aliphatic heterocycles. The van der Waals surface area contributed by atoms with E-state index in [1.54, 1.807) is 12.1 Å². The van der Waals surface area contributed by atoms with Gasteiger partial charge in [-0.2, -0.15) is 0 Å². The van der Waals surface area contributed by atoms with E-state index in [1.165, 1.54) is 0 Å². The number of unbranched alkanes of at least 4 members (excludes halogenated alkanes) is 2. The first-order chi connectivity index (χ1) is 8.65. The van der Waals surface area contributed by atoms with E-state index in [9.17, 15) is 0 Å². The summed E-state index contributed by atoms with van der Waals surface area (Å²) in [5.41, 5.74) is 1.59. The molecule has 0 heterocycles. The van der Waals surface area contributed by atoms with Crippen LogP contribution in [0.15, 0.2) is 24.3 Å². The third-order valence-corrected chi connectivity index (χ3v) is 2.52. The molecule has 0 saturated heterocycles. The Bertz CT molecular complexity index is 277. The molecule has 0 spiro atoms. The summed E-state index contributed by atoms with van der Waals surface area (Å²) in [6, 6.07) is 7.27. The molecule has 18 heavy (non-hydrogen) atoms. The van der Waals surface area contributed by atoms with Gasteiger partial charge in [0.25, 0.3) is 0 Å². The molecule has 4 N–H and O–H groups in total. The van der Waals surface area contributed by atoms with E-state index in [-0.39, 0.29) is 13.2 Å². The molecular formula is C14H24O4. The number of rotatable bonds is 6. The minimum Gasteiger partial charge on any atom is -0.392 e. The highest BCUT2D eigenvalue weighted by Crippen LogP contribution is 2.07. The lowest BCUT2D eigenvalue weighted by molar-refractivity contribution is -0.0465. The van der Waals surface area contributed by atoms with Crippen molar-refractivity contribution in [1.29, 1.82) is 0 Å². The lowest BCUT2D eigenvalue weighted by Gasteiger charge is -2.01. The maximum absolute atomic E-state index is 8.74. The maximum Gasteiger partial charge on any atom is 0.151 e. The Balaban J connectivity index is 0.000000331. The summed E-state index contributed by atoms with van der Waals surface area (Å²) >= 11 is 0. The lowest BCUT2D eigenvalue weighted by atomic mass is 10.1. The van der Waals surface area contributed by atoms with Crippen LogP contribution in [0.3, 0.4) is 0 Å². The van der Waals surface area contributed by atoms with Gasteiger partial charge in [-0.25, -0.2) is 0 Å². The Morgan fingerprint density at radius 3 is 1.78 bits per heavy atom. The van der Waals surface area contributed by atoms with Crippen molar-refractivity contribution < 1.29 is 20.4 Å². The van der Waals surface area contributed by atoms with E-state index in [0.29, 0.717) is 6.42 Å². The molecule has 0 radical (unpaired) electrons. The Kier molecular flexibility index (Phi) is 10.6. The van der Waals surface area contributed by atoms with Gasteiger partial charge in [0, 0.05) is 0 Å². The van der Waals surface area contributed by atoms with Gasteiger partial charge in [0.15, 0.2) is 6.29 Å². The van der Waals surface area contributed by atoms with Gasteiger partial charge in [-0.15, -0.1) is 0 Å². The molecule has 0 fully saturated rings. The van der Waals surface area contributed by atoms with E-state index in [2.05, 4.69) is 6.92 Å². The SMILES string of the molecule is CCCCCC(O)O.OCc1ccccc1CO. The van der Waals surface area contributed by atoms with Crippen LogP contribution in [0.25, 0.3) is 0 Å². The van der Waals surface area contributed by atoms with Gasteiger partial charge >= 0.3 is 0 Å². The molecule has 104 valence electrons. The van der Waals surface area contributed by atoms with Gasteiger partial charge in [-0.1, -0.05) is 44.0 Å². The molecule has 1 rings (SSSR count). The molecule has 4 heteroatoms. The van der Waals surface area contributed by atoms with Gasteiger partial charge in [-0.3, -0.25) is 0 Å². The second kappa shape index (κ2) is 11.2. The van der Waals surface area contributed by atoms with Crippen molar-refractivity contribution in [2.24, 2.45) is 0 Å². The standard InChI is InChI=1S/C8H10O2.C6H14O2/c9-5-7-3-1-2-4-8(7)6-10;1-2-3-4-5-6(7)8/h1-4,9-10H,5-6H2;6-8H,2-5H2,1H3. The van der Waals surface area contributed by atoms with Crippen molar-refractivity contribution in [2.45, 2.75) is 52.1 Å². The van der Waals surface area contributed by atoms with Gasteiger partial charge < -0.3 is 20.4 Å². The molecule has 1 aromatic rings. The Labute approximate surface area is 109 Å². The smallest absolute Gasteiger partial charge is 0.151 e. The monoisotopic (exact) mass is 256 g/mol. The van der Waals surface area contributed by atoms with Crippen LogP contribution in [-0.4, -0.2) is 26.7 Å². The molecular weight excluding hydrogens is 232 g/mol. The number of hydrogen-bond acceptors (Lipinski definition) is 4. The second-order valence-electron chi connectivity index (χ2n) is 4.06. The van der Waals surface area contributed by atoms with Crippen molar-refractivity contribution in [1.82, 2.24) is 0 Å². The van der Waals surface area contributed by atoms with E-state index in [0.717, 1.165) is 30.4 Å². The molecule has 4 nitrogen and oxygen atoms in total. The van der Waals surface area contributed by atoms with Crippen LogP contribution in [0.5, 0.6) is 0 Å². The van der Waals surface area contributed by atoms with Crippen LogP contribution < -0.4 is 0 Å². The van der Waals surface area contributed by atoms with E-state index >= 15 is 0 Å². The van der Waals surface area contributed by atoms with E-state index < -0.39 is 6.29 Å². The minimum atomic E-state index is -1.10. The quantitative estimate of drug-likeness (QED) is 0.460. The van der Waals surface area contributed by atoms with Gasteiger partial charge in [0.05, 0.1) is 13.2 Å². The summed E-state index contributed by atoms with van der Waals surface area (Å²) in [5.74, 6) is 0. The fraction of sp³-hybridized carbons (Fsp3) is 0.571. The third-order valence-electron chi connectivity index (χ3n) is 2.52. The fourth-order valence-electron chi connectivity index (χ4n) is 1.44. The van der Waals surface area contributed by atoms with Crippen LogP contribution in [-0.2, 0) is 13.2 Å². The normalized spacial score (nSPS) is 10.1. The van der Waals surface area contributed by atoms with Gasteiger partial charge in [0.1, 0.15) is 0 Å². The summed E-state index contributed by atoms with van der Waals surface area (Å²) in [6.07, 6.45) is 2.58. The Morgan fingerprint density at radius 2 is 1.44 bits per heavy atom. The molecule has 0 bridgehead atoms. The lowest BCUT2D eigenvalue weighted by Crippen LogP contribution is -2.02. The molecule has 0 unspecified atom stereocenters. The number of hydrogen-bond donors (Lipinski definition) is 4. The number of aliphatic hydroxyl groups excluding tert-OH is 3. The largest absolute Gasteiger partial charge is 0.392 e. The zero-order valence-corrected chi connectivity index (χ0v) is 10.9. The first-order valence-corrected chi connectivity index (χ1v) is 6.30. The first kappa shape index (κ1) is 17.1. The van der Waals surface area contributed by atoms with Crippen molar-refractivity contribution in [3.63, 3.8) is 0 Å². The Hall–Kier alpha value is -0.940. The second-order valence-corrected chi connectivity index (χ2v) is 4.06. The highest BCUT2D eigenvalue weighted by Gasteiger charge is 1.96. The summed E-state index contributed by atoms with van der Waals surface area (Å²) < 4.78 is 0. The van der Waals surface area contributed by atoms with Crippen molar-refractivity contribution in [3.8, 4) is 0 Å². The summed E-state index contributed by atoms with van der Waals surface area (Å²) in [7, 11) is 0. The number of aliphatic hydroxyl groups is 4. The molecule has 0 atom stereocenters. The first-order valence-electron chi connectivity index (χ1n) is 6.30. The van der Waals surface area contributed by atoms with Gasteiger partial charge in [-0.05, 0) is 24.0 Å². The van der Waals surface area contributed by atoms with Crippen LogP contribution in [0.2, 0.25) is 0 Å². The van der Waals surface area contributed by atoms with Crippen molar-refractivity contribution in [2.75, 3.05) is 0 Å². The Morgan fingerprint density at radius 1 is 0.944 bits per heavy atom. The van der Waals surface area contributed by atoms with Crippen molar-refractivity contribution in [3.05, 3.63) is 35.4 Å². The molecule has 0 aliphatic rings. The molecule has 0 aliphatic carbocycles. The zero-order chi connectivity index (χ0) is 13.8. The predicted octanol–water partition coefficient (Wildman–Crippen LogP) is 1.55. The summed E-state index contributed by atoms with van der Waals surface area (Å²) in [4.78, 5) is 0. The number of benzene rings is 1. The molecule has 0 aromatic heterocycles. The molecule has 1 aromatic carbocycles. The maximum atomic E-state index is 8.74. The van der Waals surface area contributed by atoms with Gasteiger partial charge in [0.2, 0.25) is 0 Å². The fourth-order valence-corrected chi connectivity index (χ4v) is 1.44. The van der Waals surface area contributed by atoms with E-state index in [4.69, 9.17) is 20.4 Å².